The summed E-state index contributed by atoms with van der Waals surface area (Å²) in [4.78, 5) is 2.58. The number of halogens is 1. The summed E-state index contributed by atoms with van der Waals surface area (Å²) in [7, 11) is 0. The van der Waals surface area contributed by atoms with Crippen molar-refractivity contribution in [3.8, 4) is 0 Å². The van der Waals surface area contributed by atoms with Gasteiger partial charge in [0.15, 0.2) is 0 Å². The van der Waals surface area contributed by atoms with Crippen LogP contribution in [-0.2, 0) is 0 Å². The second-order valence-electron chi connectivity index (χ2n) is 6.42. The molecule has 1 saturated heterocycles. The van der Waals surface area contributed by atoms with E-state index in [2.05, 4.69) is 18.7 Å². The second-order valence-corrected chi connectivity index (χ2v) is 6.42. The van der Waals surface area contributed by atoms with E-state index < -0.39 is 0 Å². The van der Waals surface area contributed by atoms with Crippen LogP contribution >= 0.6 is 12.4 Å². The van der Waals surface area contributed by atoms with Crippen LogP contribution in [0.15, 0.2) is 0 Å². The van der Waals surface area contributed by atoms with E-state index >= 15 is 0 Å². The smallest absolute Gasteiger partial charge is 0.0180 e. The highest BCUT2D eigenvalue weighted by Gasteiger charge is 2.29. The van der Waals surface area contributed by atoms with Gasteiger partial charge in [-0.3, -0.25) is 0 Å². The quantitative estimate of drug-likeness (QED) is 0.812. The molecule has 0 amide bonds. The van der Waals surface area contributed by atoms with Gasteiger partial charge in [-0.05, 0) is 50.0 Å². The maximum atomic E-state index is 5.93. The van der Waals surface area contributed by atoms with E-state index in [1.165, 1.54) is 45.2 Å². The van der Waals surface area contributed by atoms with Crippen LogP contribution in [0, 0.1) is 11.3 Å². The first-order chi connectivity index (χ1) is 7.05. The zero-order chi connectivity index (χ0) is 10.9. The molecule has 0 aromatic heterocycles. The summed E-state index contributed by atoms with van der Waals surface area (Å²) >= 11 is 0. The molecule has 0 spiro atoms. The molecule has 2 aliphatic rings. The summed E-state index contributed by atoms with van der Waals surface area (Å²) in [5.41, 5.74) is 6.54. The summed E-state index contributed by atoms with van der Waals surface area (Å²) in [6, 6.07) is 0.449. The highest BCUT2D eigenvalue weighted by molar-refractivity contribution is 5.85. The number of hydrogen-bond donors (Lipinski definition) is 1. The third kappa shape index (κ3) is 3.90. The normalized spacial score (nSPS) is 31.3. The minimum Gasteiger partial charge on any atom is -0.326 e. The Morgan fingerprint density at radius 3 is 2.31 bits per heavy atom. The molecule has 3 heteroatoms. The van der Waals surface area contributed by atoms with Gasteiger partial charge >= 0.3 is 0 Å². The molecule has 2 N–H and O–H groups in total. The molecular formula is C13H27ClN2. The zero-order valence-corrected chi connectivity index (χ0v) is 11.6. The van der Waals surface area contributed by atoms with Crippen LogP contribution in [-0.4, -0.2) is 30.6 Å². The number of hydrogen-bond acceptors (Lipinski definition) is 2. The fourth-order valence-corrected chi connectivity index (χ4v) is 3.04. The monoisotopic (exact) mass is 246 g/mol. The fraction of sp³-hybridized carbons (Fsp3) is 1.00. The fourth-order valence-electron chi connectivity index (χ4n) is 3.04. The van der Waals surface area contributed by atoms with Crippen LogP contribution < -0.4 is 5.73 Å². The first-order valence-electron chi connectivity index (χ1n) is 6.53. The SMILES string of the molecule is CC1(C)CCC(CN2CC[C@@H](N)C2)CC1.Cl. The van der Waals surface area contributed by atoms with Crippen LogP contribution in [0.4, 0.5) is 0 Å². The molecule has 1 aliphatic heterocycles. The van der Waals surface area contributed by atoms with E-state index in [0.717, 1.165) is 12.5 Å². The molecule has 1 heterocycles. The number of nitrogens with zero attached hydrogens (tertiary/aromatic N) is 1. The summed E-state index contributed by atoms with van der Waals surface area (Å²) in [5.74, 6) is 0.948. The Hall–Kier alpha value is 0.210. The molecule has 0 bridgehead atoms. The summed E-state index contributed by atoms with van der Waals surface area (Å²) in [5, 5.41) is 0. The molecule has 96 valence electrons. The van der Waals surface area contributed by atoms with Gasteiger partial charge in [-0.1, -0.05) is 13.8 Å². The van der Waals surface area contributed by atoms with Gasteiger partial charge in [0.25, 0.3) is 0 Å². The molecule has 0 aromatic rings. The largest absolute Gasteiger partial charge is 0.326 e. The van der Waals surface area contributed by atoms with Gasteiger partial charge in [0.1, 0.15) is 0 Å². The molecule has 1 saturated carbocycles. The van der Waals surface area contributed by atoms with Crippen molar-refractivity contribution in [2.75, 3.05) is 19.6 Å². The van der Waals surface area contributed by atoms with Crippen molar-refractivity contribution in [2.24, 2.45) is 17.1 Å². The van der Waals surface area contributed by atoms with Crippen LogP contribution in [0.5, 0.6) is 0 Å². The van der Waals surface area contributed by atoms with Gasteiger partial charge in [0, 0.05) is 19.1 Å². The van der Waals surface area contributed by atoms with Crippen molar-refractivity contribution in [3.63, 3.8) is 0 Å². The molecule has 1 aliphatic carbocycles. The van der Waals surface area contributed by atoms with E-state index in [1.54, 1.807) is 0 Å². The van der Waals surface area contributed by atoms with Crippen LogP contribution in [0.3, 0.4) is 0 Å². The second kappa shape index (κ2) is 5.70. The molecule has 2 fully saturated rings. The summed E-state index contributed by atoms with van der Waals surface area (Å²) in [6.45, 7) is 8.51. The lowest BCUT2D eigenvalue weighted by Crippen LogP contribution is -2.33. The molecule has 0 aromatic carbocycles. The Labute approximate surface area is 106 Å². The van der Waals surface area contributed by atoms with E-state index in [4.69, 9.17) is 5.73 Å². The lowest BCUT2D eigenvalue weighted by atomic mass is 9.73. The van der Waals surface area contributed by atoms with E-state index in [1.807, 2.05) is 0 Å². The first kappa shape index (κ1) is 14.3. The number of rotatable bonds is 2. The van der Waals surface area contributed by atoms with E-state index in [9.17, 15) is 0 Å². The van der Waals surface area contributed by atoms with Gasteiger partial charge in [-0.25, -0.2) is 0 Å². The Balaban J connectivity index is 0.00000128. The molecule has 2 nitrogen and oxygen atoms in total. The third-order valence-electron chi connectivity index (χ3n) is 4.28. The minimum atomic E-state index is 0. The predicted molar refractivity (Wildman–Crippen MR) is 72.0 cm³/mol. The van der Waals surface area contributed by atoms with Crippen molar-refractivity contribution < 1.29 is 0 Å². The minimum absolute atomic E-state index is 0. The molecule has 2 rings (SSSR count). The highest BCUT2D eigenvalue weighted by atomic mass is 35.5. The van der Waals surface area contributed by atoms with Gasteiger partial charge in [-0.2, -0.15) is 0 Å². The van der Waals surface area contributed by atoms with Gasteiger partial charge in [0.05, 0.1) is 0 Å². The van der Waals surface area contributed by atoms with Crippen LogP contribution in [0.25, 0.3) is 0 Å². The van der Waals surface area contributed by atoms with Crippen molar-refractivity contribution in [1.29, 1.82) is 0 Å². The molecule has 16 heavy (non-hydrogen) atoms. The standard InChI is InChI=1S/C13H26N2.ClH/c1-13(2)6-3-11(4-7-13)9-15-8-5-12(14)10-15;/h11-12H,3-10,14H2,1-2H3;1H/t12-;/m1./s1. The topological polar surface area (TPSA) is 29.3 Å². The van der Waals surface area contributed by atoms with Gasteiger partial charge < -0.3 is 10.6 Å². The summed E-state index contributed by atoms with van der Waals surface area (Å²) < 4.78 is 0. The molecule has 0 unspecified atom stereocenters. The molecule has 1 atom stereocenters. The van der Waals surface area contributed by atoms with Crippen LogP contribution in [0.1, 0.15) is 46.0 Å². The third-order valence-corrected chi connectivity index (χ3v) is 4.28. The average molecular weight is 247 g/mol. The van der Waals surface area contributed by atoms with Crippen molar-refractivity contribution in [1.82, 2.24) is 4.90 Å². The maximum absolute atomic E-state index is 5.93. The lowest BCUT2D eigenvalue weighted by Gasteiger charge is -2.35. The van der Waals surface area contributed by atoms with Crippen molar-refractivity contribution >= 4 is 12.4 Å². The van der Waals surface area contributed by atoms with E-state index in [0.29, 0.717) is 11.5 Å². The summed E-state index contributed by atoms with van der Waals surface area (Å²) in [6.07, 6.45) is 6.89. The van der Waals surface area contributed by atoms with E-state index in [-0.39, 0.29) is 12.4 Å². The lowest BCUT2D eigenvalue weighted by molar-refractivity contribution is 0.155. The molecule has 0 radical (unpaired) electrons. The Kier molecular flexibility index (Phi) is 5.09. The predicted octanol–water partition coefficient (Wildman–Crippen LogP) is 2.66. The van der Waals surface area contributed by atoms with Crippen molar-refractivity contribution in [3.05, 3.63) is 0 Å². The first-order valence-corrected chi connectivity index (χ1v) is 6.53. The Morgan fingerprint density at radius 2 is 1.81 bits per heavy atom. The van der Waals surface area contributed by atoms with Gasteiger partial charge in [-0.15, -0.1) is 12.4 Å². The average Bonchev–Trinajstić information content (AvgIpc) is 2.55. The van der Waals surface area contributed by atoms with Gasteiger partial charge in [0.2, 0.25) is 0 Å². The Morgan fingerprint density at radius 1 is 1.19 bits per heavy atom. The molecular weight excluding hydrogens is 220 g/mol. The van der Waals surface area contributed by atoms with Crippen LogP contribution in [0.2, 0.25) is 0 Å². The highest BCUT2D eigenvalue weighted by Crippen LogP contribution is 2.38. The number of likely N-dealkylation sites (tertiary alicyclic amines) is 1. The Bertz CT molecular complexity index is 208. The number of nitrogens with two attached hydrogens (primary N) is 1. The van der Waals surface area contributed by atoms with Crippen molar-refractivity contribution in [2.45, 2.75) is 52.0 Å². The maximum Gasteiger partial charge on any atom is 0.0180 e. The zero-order valence-electron chi connectivity index (χ0n) is 10.7.